The van der Waals surface area contributed by atoms with E-state index in [1.165, 1.54) is 0 Å². The van der Waals surface area contributed by atoms with Gasteiger partial charge in [-0.2, -0.15) is 0 Å². The quantitative estimate of drug-likeness (QED) is 0.146. The van der Waals surface area contributed by atoms with E-state index in [2.05, 4.69) is 25.8 Å². The molecule has 0 saturated carbocycles. The van der Waals surface area contributed by atoms with Crippen LogP contribution in [0.1, 0.15) is 20.3 Å². The summed E-state index contributed by atoms with van der Waals surface area (Å²) in [5.41, 5.74) is 0. The number of carboxylic acids is 1. The monoisotopic (exact) mass is 511 g/mol. The van der Waals surface area contributed by atoms with Gasteiger partial charge in [-0.05, 0) is 13.0 Å². The molecule has 0 aromatic heterocycles. The number of carboxylic acid groups (broad SMARTS) is 1. The average molecular weight is 512 g/mol. The molecule has 0 amide bonds. The van der Waals surface area contributed by atoms with E-state index < -0.39 is 5.97 Å². The summed E-state index contributed by atoms with van der Waals surface area (Å²) >= 11 is 0. The molecular weight excluding hydrogens is 462 g/mol. The lowest BCUT2D eigenvalue weighted by atomic mass is 10.2. The Bertz CT molecular complexity index is 443. The first-order valence-electron chi connectivity index (χ1n) is 12.5. The number of likely N-dealkylation sites (N-methyl/N-ethyl adjacent to an activating group) is 1. The van der Waals surface area contributed by atoms with E-state index in [1.54, 1.807) is 0 Å². The Hall–Kier alpha value is -0.890. The van der Waals surface area contributed by atoms with E-state index in [-0.39, 0.29) is 13.0 Å². The van der Waals surface area contributed by atoms with E-state index in [0.29, 0.717) is 98.4 Å². The van der Waals surface area contributed by atoms with Gasteiger partial charge in [-0.25, -0.2) is 0 Å². The fourth-order valence-electron chi connectivity index (χ4n) is 2.74. The summed E-state index contributed by atoms with van der Waals surface area (Å²) in [4.78, 5) is 12.6. The smallest absolute Gasteiger partial charge is 0.305 e. The highest BCUT2D eigenvalue weighted by Crippen LogP contribution is 1.95. The number of hydrogen-bond acceptors (Lipinski definition) is 10. The van der Waals surface area contributed by atoms with Gasteiger partial charge in [0, 0.05) is 13.1 Å². The van der Waals surface area contributed by atoms with Crippen molar-refractivity contribution in [3.05, 3.63) is 0 Å². The third kappa shape index (κ3) is 31.1. The van der Waals surface area contributed by atoms with Crippen molar-refractivity contribution in [1.29, 1.82) is 0 Å². The van der Waals surface area contributed by atoms with Gasteiger partial charge in [0.2, 0.25) is 0 Å². The lowest BCUT2D eigenvalue weighted by molar-refractivity contribution is -0.138. The van der Waals surface area contributed by atoms with Crippen molar-refractivity contribution in [2.75, 3.05) is 126 Å². The summed E-state index contributed by atoms with van der Waals surface area (Å²) in [5.74, 6) is -0.198. The summed E-state index contributed by atoms with van der Waals surface area (Å²) in [6, 6.07) is 0. The molecule has 0 aliphatic heterocycles. The second-order valence-electron chi connectivity index (χ2n) is 8.20. The van der Waals surface area contributed by atoms with E-state index in [4.69, 9.17) is 43.0 Å². The minimum absolute atomic E-state index is 0.00556. The summed E-state index contributed by atoms with van der Waals surface area (Å²) < 4.78 is 43.2. The first kappa shape index (κ1) is 34.1. The zero-order valence-corrected chi connectivity index (χ0v) is 22.1. The molecule has 11 nitrogen and oxygen atoms in total. The van der Waals surface area contributed by atoms with Crippen molar-refractivity contribution in [3.8, 4) is 0 Å². The van der Waals surface area contributed by atoms with Crippen LogP contribution in [0.2, 0.25) is 0 Å². The van der Waals surface area contributed by atoms with Gasteiger partial charge < -0.3 is 47.9 Å². The standard InChI is InChI=1S/C24H49NO10/c1-23(2)22-25(3)5-7-29-9-11-31-13-15-33-17-19-35-21-20-34-18-16-32-14-12-30-10-8-28-6-4-24(26)27/h23H,4-22H2,1-3H3,(H,26,27). The number of aliphatic carboxylic acids is 1. The highest BCUT2D eigenvalue weighted by molar-refractivity contribution is 5.66. The van der Waals surface area contributed by atoms with Crippen LogP contribution in [0, 0.1) is 5.92 Å². The molecule has 0 spiro atoms. The number of nitrogens with zero attached hydrogens (tertiary/aromatic N) is 1. The van der Waals surface area contributed by atoms with E-state index in [1.807, 2.05) is 0 Å². The lowest BCUT2D eigenvalue weighted by Gasteiger charge is -2.18. The molecule has 0 radical (unpaired) electrons. The number of hydrogen-bond donors (Lipinski definition) is 1. The number of carbonyl (C=O) groups is 1. The molecule has 0 unspecified atom stereocenters. The molecule has 1 N–H and O–H groups in total. The van der Waals surface area contributed by atoms with Crippen molar-refractivity contribution in [1.82, 2.24) is 4.90 Å². The van der Waals surface area contributed by atoms with Crippen molar-refractivity contribution in [3.63, 3.8) is 0 Å². The van der Waals surface area contributed by atoms with E-state index in [0.717, 1.165) is 19.7 Å². The van der Waals surface area contributed by atoms with Crippen LogP contribution in [0.5, 0.6) is 0 Å². The highest BCUT2D eigenvalue weighted by Gasteiger charge is 2.01. The minimum atomic E-state index is -0.868. The average Bonchev–Trinajstić information content (AvgIpc) is 2.80. The summed E-state index contributed by atoms with van der Waals surface area (Å²) in [7, 11) is 2.11. The van der Waals surface area contributed by atoms with Gasteiger partial charge in [-0.1, -0.05) is 13.8 Å². The second-order valence-corrected chi connectivity index (χ2v) is 8.20. The van der Waals surface area contributed by atoms with Crippen LogP contribution < -0.4 is 0 Å². The molecule has 0 aliphatic rings. The predicted octanol–water partition coefficient (Wildman–Crippen LogP) is 1.18. The fourth-order valence-corrected chi connectivity index (χ4v) is 2.74. The third-order valence-electron chi connectivity index (χ3n) is 4.36. The maximum atomic E-state index is 10.3. The third-order valence-corrected chi connectivity index (χ3v) is 4.36. The van der Waals surface area contributed by atoms with Crippen molar-refractivity contribution in [2.45, 2.75) is 20.3 Å². The molecule has 210 valence electrons. The Labute approximate surface area is 211 Å². The zero-order chi connectivity index (χ0) is 25.8. The van der Waals surface area contributed by atoms with Crippen molar-refractivity contribution < 1.29 is 47.8 Å². The van der Waals surface area contributed by atoms with Gasteiger partial charge >= 0.3 is 5.97 Å². The van der Waals surface area contributed by atoms with Crippen LogP contribution in [0.25, 0.3) is 0 Å². The van der Waals surface area contributed by atoms with Crippen molar-refractivity contribution >= 4 is 5.97 Å². The molecule has 0 aromatic rings. The Balaban J connectivity index is 3.07. The summed E-state index contributed by atoms with van der Waals surface area (Å²) in [5, 5.41) is 8.46. The first-order chi connectivity index (χ1) is 17.0. The largest absolute Gasteiger partial charge is 0.481 e. The summed E-state index contributed by atoms with van der Waals surface area (Å²) in [6.45, 7) is 14.4. The van der Waals surface area contributed by atoms with Gasteiger partial charge in [-0.3, -0.25) is 4.79 Å². The van der Waals surface area contributed by atoms with Crippen LogP contribution >= 0.6 is 0 Å². The topological polar surface area (TPSA) is 114 Å². The molecule has 11 heteroatoms. The van der Waals surface area contributed by atoms with Crippen LogP contribution in [0.4, 0.5) is 0 Å². The maximum absolute atomic E-state index is 10.3. The SMILES string of the molecule is CC(C)CN(C)CCOCCOCCOCCOCCOCCOCCOCCOCCC(=O)O. The van der Waals surface area contributed by atoms with Crippen LogP contribution in [0.15, 0.2) is 0 Å². The predicted molar refractivity (Wildman–Crippen MR) is 131 cm³/mol. The molecule has 0 heterocycles. The number of ether oxygens (including phenoxy) is 8. The number of rotatable bonds is 29. The Morgan fingerprint density at radius 1 is 0.571 bits per heavy atom. The van der Waals surface area contributed by atoms with Gasteiger partial charge in [0.15, 0.2) is 0 Å². The Kier molecular flexibility index (Phi) is 27.0. The lowest BCUT2D eigenvalue weighted by Crippen LogP contribution is -2.27. The fraction of sp³-hybridized carbons (Fsp3) is 0.958. The van der Waals surface area contributed by atoms with Gasteiger partial charge in [0.05, 0.1) is 112 Å². The molecule has 0 atom stereocenters. The Morgan fingerprint density at radius 3 is 1.14 bits per heavy atom. The first-order valence-corrected chi connectivity index (χ1v) is 12.5. The molecule has 0 aromatic carbocycles. The van der Waals surface area contributed by atoms with Gasteiger partial charge in [0.25, 0.3) is 0 Å². The maximum Gasteiger partial charge on any atom is 0.305 e. The molecule has 0 saturated heterocycles. The van der Waals surface area contributed by atoms with Gasteiger partial charge in [0.1, 0.15) is 0 Å². The summed E-state index contributed by atoms with van der Waals surface area (Å²) in [6.07, 6.45) is 0.00556. The van der Waals surface area contributed by atoms with Gasteiger partial charge in [-0.15, -0.1) is 0 Å². The van der Waals surface area contributed by atoms with Crippen LogP contribution in [-0.2, 0) is 42.7 Å². The Morgan fingerprint density at radius 2 is 0.857 bits per heavy atom. The molecular formula is C24H49NO10. The minimum Gasteiger partial charge on any atom is -0.481 e. The molecule has 35 heavy (non-hydrogen) atoms. The normalized spacial score (nSPS) is 11.7. The van der Waals surface area contributed by atoms with Crippen molar-refractivity contribution in [2.24, 2.45) is 5.92 Å². The molecule has 0 bridgehead atoms. The molecule has 0 rings (SSSR count). The molecule has 0 aliphatic carbocycles. The highest BCUT2D eigenvalue weighted by atomic mass is 16.6. The van der Waals surface area contributed by atoms with Crippen LogP contribution in [0.3, 0.4) is 0 Å². The zero-order valence-electron chi connectivity index (χ0n) is 22.1. The van der Waals surface area contributed by atoms with E-state index >= 15 is 0 Å². The second kappa shape index (κ2) is 27.7. The molecule has 0 fully saturated rings. The van der Waals surface area contributed by atoms with Crippen LogP contribution in [-0.4, -0.2) is 142 Å². The van der Waals surface area contributed by atoms with E-state index in [9.17, 15) is 4.79 Å².